The fraction of sp³-hybridized carbons (Fsp3) is 0.257. The zero-order chi connectivity index (χ0) is 31.9. The molecule has 230 valence electrons. The molecular formula is C35H38ClN3O4S. The van der Waals surface area contributed by atoms with Gasteiger partial charge in [0.05, 0.1) is 10.6 Å². The summed E-state index contributed by atoms with van der Waals surface area (Å²) in [6.07, 6.45) is 0.227. The fourth-order valence-corrected chi connectivity index (χ4v) is 6.51. The molecule has 0 saturated carbocycles. The first kappa shape index (κ1) is 32.8. The summed E-state index contributed by atoms with van der Waals surface area (Å²) in [4.78, 5) is 29.9. The number of halogens is 1. The summed E-state index contributed by atoms with van der Waals surface area (Å²) >= 11 is 6.30. The monoisotopic (exact) mass is 631 g/mol. The highest BCUT2D eigenvalue weighted by molar-refractivity contribution is 7.92. The number of rotatable bonds is 11. The van der Waals surface area contributed by atoms with E-state index >= 15 is 0 Å². The van der Waals surface area contributed by atoms with Crippen molar-refractivity contribution in [2.75, 3.05) is 10.8 Å². The number of benzene rings is 4. The normalized spacial score (nSPS) is 12.3. The molecular weight excluding hydrogens is 594 g/mol. The first-order chi connectivity index (χ1) is 20.8. The molecule has 0 heterocycles. The summed E-state index contributed by atoms with van der Waals surface area (Å²) in [6, 6.07) is 30.6. The van der Waals surface area contributed by atoms with E-state index in [2.05, 4.69) is 5.32 Å². The van der Waals surface area contributed by atoms with Gasteiger partial charge >= 0.3 is 0 Å². The van der Waals surface area contributed by atoms with Crippen LogP contribution >= 0.6 is 11.6 Å². The molecule has 44 heavy (non-hydrogen) atoms. The van der Waals surface area contributed by atoms with Crippen molar-refractivity contribution in [3.63, 3.8) is 0 Å². The third kappa shape index (κ3) is 8.71. The van der Waals surface area contributed by atoms with Crippen molar-refractivity contribution >= 4 is 39.1 Å². The molecule has 2 amide bonds. The minimum Gasteiger partial charge on any atom is -0.350 e. The molecule has 0 radical (unpaired) electrons. The van der Waals surface area contributed by atoms with Gasteiger partial charge in [-0.25, -0.2) is 8.42 Å². The van der Waals surface area contributed by atoms with Crippen molar-refractivity contribution < 1.29 is 18.0 Å². The van der Waals surface area contributed by atoms with E-state index in [0.717, 1.165) is 15.4 Å². The van der Waals surface area contributed by atoms with Gasteiger partial charge in [0.1, 0.15) is 12.6 Å². The molecule has 7 nitrogen and oxygen atoms in total. The van der Waals surface area contributed by atoms with Gasteiger partial charge < -0.3 is 10.2 Å². The predicted molar refractivity (Wildman–Crippen MR) is 176 cm³/mol. The molecule has 4 aromatic carbocycles. The van der Waals surface area contributed by atoms with Crippen LogP contribution in [0.15, 0.2) is 114 Å². The summed E-state index contributed by atoms with van der Waals surface area (Å²) in [6.45, 7) is 7.01. The maximum Gasteiger partial charge on any atom is 0.264 e. The summed E-state index contributed by atoms with van der Waals surface area (Å²) in [5.74, 6) is -0.874. The summed E-state index contributed by atoms with van der Waals surface area (Å²) < 4.78 is 29.2. The number of hydrogen-bond acceptors (Lipinski definition) is 4. The largest absolute Gasteiger partial charge is 0.350 e. The van der Waals surface area contributed by atoms with Crippen molar-refractivity contribution in [3.05, 3.63) is 131 Å². The van der Waals surface area contributed by atoms with E-state index in [1.807, 2.05) is 70.2 Å². The summed E-state index contributed by atoms with van der Waals surface area (Å²) in [5, 5.41) is 3.52. The molecule has 4 aromatic rings. The van der Waals surface area contributed by atoms with Gasteiger partial charge in [-0.1, -0.05) is 84.4 Å². The number of carbonyl (C=O) groups is 2. The van der Waals surface area contributed by atoms with Gasteiger partial charge in [0.25, 0.3) is 10.0 Å². The Morgan fingerprint density at radius 2 is 1.43 bits per heavy atom. The lowest BCUT2D eigenvalue weighted by atomic mass is 10.0. The second-order valence-corrected chi connectivity index (χ2v) is 14.1. The van der Waals surface area contributed by atoms with Crippen LogP contribution in [-0.2, 0) is 32.6 Å². The van der Waals surface area contributed by atoms with Gasteiger partial charge in [-0.2, -0.15) is 0 Å². The van der Waals surface area contributed by atoms with E-state index in [4.69, 9.17) is 11.6 Å². The van der Waals surface area contributed by atoms with E-state index < -0.39 is 34.1 Å². The Hall–Kier alpha value is -4.14. The van der Waals surface area contributed by atoms with Gasteiger partial charge in [-0.15, -0.1) is 0 Å². The standard InChI is InChI=1S/C35H38ClN3O4S/c1-26-13-11-18-30(21-26)39(44(42,43)31-19-9-6-10-20-31)25-33(40)38(24-28-16-12-17-29(36)22-28)32(34(41)37-35(2,3)4)23-27-14-7-5-8-15-27/h5-22,32H,23-25H2,1-4H3,(H,37,41). The van der Waals surface area contributed by atoms with Gasteiger partial charge in [0.15, 0.2) is 0 Å². The third-order valence-corrected chi connectivity index (χ3v) is 8.93. The third-order valence-electron chi connectivity index (χ3n) is 6.91. The molecule has 0 aliphatic heterocycles. The molecule has 1 N–H and O–H groups in total. The molecule has 0 saturated heterocycles. The predicted octanol–water partition coefficient (Wildman–Crippen LogP) is 6.40. The summed E-state index contributed by atoms with van der Waals surface area (Å²) in [5.41, 5.74) is 2.19. The molecule has 9 heteroatoms. The highest BCUT2D eigenvalue weighted by Gasteiger charge is 2.35. The lowest BCUT2D eigenvalue weighted by Crippen LogP contribution is -2.56. The fourth-order valence-electron chi connectivity index (χ4n) is 4.87. The molecule has 0 bridgehead atoms. The van der Waals surface area contributed by atoms with Crippen molar-refractivity contribution in [1.82, 2.24) is 10.2 Å². The Labute approximate surface area is 265 Å². The van der Waals surface area contributed by atoms with E-state index in [1.54, 1.807) is 54.6 Å². The number of nitrogens with one attached hydrogen (secondary N) is 1. The van der Waals surface area contributed by atoms with Gasteiger partial charge in [-0.3, -0.25) is 13.9 Å². The Bertz CT molecular complexity index is 1690. The number of hydrogen-bond donors (Lipinski definition) is 1. The Balaban J connectivity index is 1.82. The molecule has 0 fully saturated rings. The average molecular weight is 632 g/mol. The highest BCUT2D eigenvalue weighted by Crippen LogP contribution is 2.26. The van der Waals surface area contributed by atoms with Crippen molar-refractivity contribution in [3.8, 4) is 0 Å². The van der Waals surface area contributed by atoms with E-state index in [9.17, 15) is 18.0 Å². The number of aryl methyl sites for hydroxylation is 1. The lowest BCUT2D eigenvalue weighted by Gasteiger charge is -2.35. The average Bonchev–Trinajstić information content (AvgIpc) is 2.97. The molecule has 0 aliphatic rings. The maximum absolute atomic E-state index is 14.5. The van der Waals surface area contributed by atoms with Crippen molar-refractivity contribution in [2.45, 2.75) is 57.1 Å². The van der Waals surface area contributed by atoms with E-state index in [-0.39, 0.29) is 23.8 Å². The first-order valence-electron chi connectivity index (χ1n) is 14.4. The number of anilines is 1. The number of nitrogens with zero attached hydrogens (tertiary/aromatic N) is 2. The van der Waals surface area contributed by atoms with E-state index in [0.29, 0.717) is 16.3 Å². The first-order valence-corrected chi connectivity index (χ1v) is 16.2. The minimum absolute atomic E-state index is 0.0432. The van der Waals surface area contributed by atoms with Crippen LogP contribution in [0, 0.1) is 6.92 Å². The van der Waals surface area contributed by atoms with Crippen LogP contribution in [0.25, 0.3) is 0 Å². The maximum atomic E-state index is 14.5. The number of sulfonamides is 1. The quantitative estimate of drug-likeness (QED) is 0.208. The van der Waals surface area contributed by atoms with Gasteiger partial charge in [0, 0.05) is 23.5 Å². The van der Waals surface area contributed by atoms with Crippen molar-refractivity contribution in [1.29, 1.82) is 0 Å². The Morgan fingerprint density at radius 1 is 0.818 bits per heavy atom. The topological polar surface area (TPSA) is 86.8 Å². The molecule has 0 aliphatic carbocycles. The van der Waals surface area contributed by atoms with Crippen LogP contribution in [0.1, 0.15) is 37.5 Å². The molecule has 1 atom stereocenters. The zero-order valence-electron chi connectivity index (χ0n) is 25.4. The van der Waals surface area contributed by atoms with Gasteiger partial charge in [0.2, 0.25) is 11.8 Å². The van der Waals surface area contributed by atoms with Crippen LogP contribution in [0.4, 0.5) is 5.69 Å². The van der Waals surface area contributed by atoms with Crippen LogP contribution < -0.4 is 9.62 Å². The second-order valence-electron chi connectivity index (χ2n) is 11.8. The number of amides is 2. The summed E-state index contributed by atoms with van der Waals surface area (Å²) in [7, 11) is -4.15. The van der Waals surface area contributed by atoms with Crippen LogP contribution in [-0.4, -0.2) is 43.3 Å². The van der Waals surface area contributed by atoms with Crippen LogP contribution in [0.2, 0.25) is 5.02 Å². The second kappa shape index (κ2) is 14.1. The Kier molecular flexibility index (Phi) is 10.5. The lowest BCUT2D eigenvalue weighted by molar-refractivity contribution is -0.140. The molecule has 0 aromatic heterocycles. The highest BCUT2D eigenvalue weighted by atomic mass is 35.5. The van der Waals surface area contributed by atoms with Crippen LogP contribution in [0.5, 0.6) is 0 Å². The molecule has 0 spiro atoms. The SMILES string of the molecule is Cc1cccc(N(CC(=O)N(Cc2cccc(Cl)c2)C(Cc2ccccc2)C(=O)NC(C)(C)C)S(=O)(=O)c2ccccc2)c1. The molecule has 1 unspecified atom stereocenters. The van der Waals surface area contributed by atoms with Gasteiger partial charge in [-0.05, 0) is 80.8 Å². The minimum atomic E-state index is -4.15. The zero-order valence-corrected chi connectivity index (χ0v) is 27.0. The smallest absolute Gasteiger partial charge is 0.264 e. The Morgan fingerprint density at radius 3 is 2.05 bits per heavy atom. The molecule has 4 rings (SSSR count). The number of carbonyl (C=O) groups excluding carboxylic acids is 2. The van der Waals surface area contributed by atoms with E-state index in [1.165, 1.54) is 17.0 Å². The van der Waals surface area contributed by atoms with Crippen LogP contribution in [0.3, 0.4) is 0 Å². The van der Waals surface area contributed by atoms with Crippen molar-refractivity contribution in [2.24, 2.45) is 0 Å².